The lowest BCUT2D eigenvalue weighted by Crippen LogP contribution is -2.15. The lowest BCUT2D eigenvalue weighted by molar-refractivity contribution is -0.118. The van der Waals surface area contributed by atoms with Crippen LogP contribution in [0.25, 0.3) is 10.9 Å². The van der Waals surface area contributed by atoms with Gasteiger partial charge in [0.15, 0.2) is 5.78 Å². The lowest BCUT2D eigenvalue weighted by atomic mass is 10.2. The van der Waals surface area contributed by atoms with Crippen LogP contribution in [0.3, 0.4) is 0 Å². The highest BCUT2D eigenvalue weighted by Crippen LogP contribution is 2.33. The maximum Gasteiger partial charge on any atom is 0.333 e. The first-order valence-corrected chi connectivity index (χ1v) is 7.00. The minimum Gasteiger partial charge on any atom is -0.486 e. The van der Waals surface area contributed by atoms with Crippen molar-refractivity contribution in [2.24, 2.45) is 0 Å². The molecule has 0 bridgehead atoms. The quantitative estimate of drug-likeness (QED) is 0.710. The Labute approximate surface area is 103 Å². The molecule has 18 heavy (non-hydrogen) atoms. The predicted octanol–water partition coefficient (Wildman–Crippen LogP) is 1.29. The van der Waals surface area contributed by atoms with Crippen molar-refractivity contribution in [1.29, 1.82) is 0 Å². The monoisotopic (exact) mass is 269 g/mol. The van der Waals surface area contributed by atoms with E-state index in [1.54, 1.807) is 24.4 Å². The molecule has 0 spiro atoms. The van der Waals surface area contributed by atoms with Crippen molar-refractivity contribution < 1.29 is 23.9 Å². The average molecular weight is 269 g/mol. The number of fused-ring (bicyclic) bond motifs is 1. The van der Waals surface area contributed by atoms with E-state index < -0.39 is 19.5 Å². The second-order valence-electron chi connectivity index (χ2n) is 3.88. The van der Waals surface area contributed by atoms with Crippen LogP contribution in [0.2, 0.25) is 0 Å². The molecule has 3 N–H and O–H groups in total. The van der Waals surface area contributed by atoms with Crippen molar-refractivity contribution in [3.05, 3.63) is 30.5 Å². The predicted molar refractivity (Wildman–Crippen MR) is 65.7 cm³/mol. The molecule has 7 heteroatoms. The van der Waals surface area contributed by atoms with Crippen molar-refractivity contribution in [3.8, 4) is 5.75 Å². The van der Waals surface area contributed by atoms with Crippen LogP contribution in [0.1, 0.15) is 0 Å². The largest absolute Gasteiger partial charge is 0.486 e. The van der Waals surface area contributed by atoms with Gasteiger partial charge in [0.25, 0.3) is 0 Å². The number of rotatable bonds is 5. The number of carbonyl (C=O) groups excluding carboxylic acids is 1. The Hall–Kier alpha value is -1.62. The van der Waals surface area contributed by atoms with Crippen LogP contribution in [0.4, 0.5) is 0 Å². The van der Waals surface area contributed by atoms with Gasteiger partial charge in [-0.15, -0.1) is 0 Å². The van der Waals surface area contributed by atoms with Gasteiger partial charge in [-0.05, 0) is 24.3 Å². The van der Waals surface area contributed by atoms with Gasteiger partial charge in [0.2, 0.25) is 0 Å². The summed E-state index contributed by atoms with van der Waals surface area (Å²) < 4.78 is 15.8. The Bertz CT molecular complexity index is 615. The summed E-state index contributed by atoms with van der Waals surface area (Å²) >= 11 is 0. The number of H-pyrrole nitrogens is 1. The molecule has 0 saturated heterocycles. The molecule has 6 nitrogen and oxygen atoms in total. The molecule has 0 fully saturated rings. The zero-order valence-electron chi connectivity index (χ0n) is 9.37. The van der Waals surface area contributed by atoms with Gasteiger partial charge in [-0.3, -0.25) is 9.36 Å². The van der Waals surface area contributed by atoms with Crippen LogP contribution in [-0.2, 0) is 9.36 Å². The van der Waals surface area contributed by atoms with Gasteiger partial charge in [-0.1, -0.05) is 0 Å². The second-order valence-corrected chi connectivity index (χ2v) is 5.52. The molecule has 1 aromatic carbocycles. The molecule has 0 unspecified atom stereocenters. The molecule has 0 atom stereocenters. The van der Waals surface area contributed by atoms with Gasteiger partial charge in [-0.25, -0.2) is 0 Å². The van der Waals surface area contributed by atoms with Crippen molar-refractivity contribution >= 4 is 24.3 Å². The van der Waals surface area contributed by atoms with E-state index in [-0.39, 0.29) is 6.61 Å². The molecule has 1 heterocycles. The number of nitrogens with one attached hydrogen (secondary N) is 1. The van der Waals surface area contributed by atoms with Gasteiger partial charge < -0.3 is 19.5 Å². The van der Waals surface area contributed by atoms with Crippen LogP contribution in [0.15, 0.2) is 30.5 Å². The minimum atomic E-state index is -4.31. The number of ether oxygens (including phenoxy) is 1. The van der Waals surface area contributed by atoms with Gasteiger partial charge in [-0.2, -0.15) is 0 Å². The van der Waals surface area contributed by atoms with Crippen LogP contribution in [0, 0.1) is 0 Å². The highest BCUT2D eigenvalue weighted by molar-refractivity contribution is 7.52. The van der Waals surface area contributed by atoms with Crippen LogP contribution >= 0.6 is 7.60 Å². The standard InChI is InChI=1S/C11H12NO5P/c13-9(7-18(14,15)16)6-17-10-1-2-11-8(5-10)3-4-12-11/h1-5,12H,6-7H2,(H2,14,15,16). The second kappa shape index (κ2) is 4.94. The Morgan fingerprint density at radius 1 is 1.33 bits per heavy atom. The van der Waals surface area contributed by atoms with Gasteiger partial charge >= 0.3 is 7.60 Å². The fraction of sp³-hybridized carbons (Fsp3) is 0.182. The first-order valence-electron chi connectivity index (χ1n) is 5.20. The van der Waals surface area contributed by atoms with E-state index >= 15 is 0 Å². The molecule has 96 valence electrons. The van der Waals surface area contributed by atoms with Crippen molar-refractivity contribution in [2.45, 2.75) is 0 Å². The van der Waals surface area contributed by atoms with E-state index in [0.717, 1.165) is 10.9 Å². The fourth-order valence-electron chi connectivity index (χ4n) is 1.56. The van der Waals surface area contributed by atoms with E-state index in [0.29, 0.717) is 5.75 Å². The van der Waals surface area contributed by atoms with Gasteiger partial charge in [0.05, 0.1) is 0 Å². The molecule has 0 saturated carbocycles. The zero-order chi connectivity index (χ0) is 13.2. The van der Waals surface area contributed by atoms with Crippen LogP contribution in [0.5, 0.6) is 5.75 Å². The summed E-state index contributed by atoms with van der Waals surface area (Å²) in [5, 5.41) is 0.940. The maximum absolute atomic E-state index is 11.2. The molecule has 0 aliphatic carbocycles. The molecular formula is C11H12NO5P. The summed E-state index contributed by atoms with van der Waals surface area (Å²) in [6, 6.07) is 7.10. The maximum atomic E-state index is 11.2. The molecule has 1 aromatic heterocycles. The summed E-state index contributed by atoms with van der Waals surface area (Å²) in [6.07, 6.45) is 0.993. The Morgan fingerprint density at radius 3 is 2.83 bits per heavy atom. The van der Waals surface area contributed by atoms with Crippen molar-refractivity contribution in [2.75, 3.05) is 12.8 Å². The molecule has 0 radical (unpaired) electrons. The molecule has 0 amide bonds. The molecule has 0 aliphatic heterocycles. The topological polar surface area (TPSA) is 99.6 Å². The summed E-state index contributed by atoms with van der Waals surface area (Å²) in [4.78, 5) is 31.5. The molecule has 2 aromatic rings. The number of ketones is 1. The number of aromatic amines is 1. The molecule has 0 aliphatic rings. The third-order valence-corrected chi connectivity index (χ3v) is 3.07. The van der Waals surface area contributed by atoms with Gasteiger partial charge in [0, 0.05) is 17.1 Å². The number of Topliss-reactive ketones (excluding diaryl/α,β-unsaturated/α-hetero) is 1. The highest BCUT2D eigenvalue weighted by Gasteiger charge is 2.19. The number of aromatic nitrogens is 1. The third-order valence-electron chi connectivity index (χ3n) is 2.31. The lowest BCUT2D eigenvalue weighted by Gasteiger charge is -2.06. The van der Waals surface area contributed by atoms with Crippen molar-refractivity contribution in [3.63, 3.8) is 0 Å². The summed E-state index contributed by atoms with van der Waals surface area (Å²) in [6.45, 7) is -0.346. The van der Waals surface area contributed by atoms with E-state index in [2.05, 4.69) is 4.98 Å². The minimum absolute atomic E-state index is 0.346. The molecule has 2 rings (SSSR count). The Morgan fingerprint density at radius 2 is 2.11 bits per heavy atom. The van der Waals surface area contributed by atoms with E-state index in [4.69, 9.17) is 14.5 Å². The smallest absolute Gasteiger partial charge is 0.333 e. The SMILES string of the molecule is O=C(COc1ccc2[nH]ccc2c1)CP(=O)(O)O. The Balaban J connectivity index is 1.97. The summed E-state index contributed by atoms with van der Waals surface area (Å²) in [5.41, 5.74) is 0.948. The normalized spacial score (nSPS) is 11.7. The van der Waals surface area contributed by atoms with Crippen LogP contribution < -0.4 is 4.74 Å². The van der Waals surface area contributed by atoms with E-state index in [9.17, 15) is 9.36 Å². The average Bonchev–Trinajstić information content (AvgIpc) is 2.71. The number of hydrogen-bond donors (Lipinski definition) is 3. The summed E-state index contributed by atoms with van der Waals surface area (Å²) in [7, 11) is -4.31. The Kier molecular flexibility index (Phi) is 3.52. The zero-order valence-corrected chi connectivity index (χ0v) is 10.3. The molecular weight excluding hydrogens is 257 g/mol. The van der Waals surface area contributed by atoms with Gasteiger partial charge in [0.1, 0.15) is 18.5 Å². The number of carbonyl (C=O) groups is 1. The number of hydrogen-bond acceptors (Lipinski definition) is 3. The van der Waals surface area contributed by atoms with Crippen LogP contribution in [-0.4, -0.2) is 33.3 Å². The fourth-order valence-corrected chi connectivity index (χ4v) is 2.11. The van der Waals surface area contributed by atoms with E-state index in [1.165, 1.54) is 0 Å². The number of benzene rings is 1. The summed E-state index contributed by atoms with van der Waals surface area (Å²) in [5.74, 6) is -0.140. The van der Waals surface area contributed by atoms with Crippen molar-refractivity contribution in [1.82, 2.24) is 4.98 Å². The highest BCUT2D eigenvalue weighted by atomic mass is 31.2. The first kappa shape index (κ1) is 12.8. The van der Waals surface area contributed by atoms with E-state index in [1.807, 2.05) is 6.07 Å². The third kappa shape index (κ3) is 3.43. The first-order chi connectivity index (χ1) is 8.44.